The standard InChI is InChI=1S/C17H16N4O/c1-13-7-8-16(19-10-13)20-12-15(9-18)17(22)21-11-14-5-3-2-4-6-14/h2-8,10,12H,11H2,1H3,(H,19,20)(H,21,22)/b15-12-. The normalized spacial score (nSPS) is 10.6. The van der Waals surface area contributed by atoms with Crippen molar-refractivity contribution in [2.45, 2.75) is 13.5 Å². The molecule has 0 saturated heterocycles. The third-order valence-electron chi connectivity index (χ3n) is 2.94. The molecule has 0 saturated carbocycles. The van der Waals surface area contributed by atoms with Gasteiger partial charge in [0, 0.05) is 18.9 Å². The first kappa shape index (κ1) is 15.3. The predicted molar refractivity (Wildman–Crippen MR) is 84.6 cm³/mol. The van der Waals surface area contributed by atoms with E-state index in [1.807, 2.05) is 49.4 Å². The van der Waals surface area contributed by atoms with Gasteiger partial charge in [-0.3, -0.25) is 4.79 Å². The number of pyridine rings is 1. The van der Waals surface area contributed by atoms with Gasteiger partial charge in [0.2, 0.25) is 0 Å². The van der Waals surface area contributed by atoms with Gasteiger partial charge in [-0.15, -0.1) is 0 Å². The smallest absolute Gasteiger partial charge is 0.263 e. The average Bonchev–Trinajstić information content (AvgIpc) is 2.56. The van der Waals surface area contributed by atoms with Crippen molar-refractivity contribution >= 4 is 11.7 Å². The van der Waals surface area contributed by atoms with Gasteiger partial charge in [0.25, 0.3) is 5.91 Å². The minimum Gasteiger partial charge on any atom is -0.347 e. The SMILES string of the molecule is Cc1ccc(N/C=C(/C#N)C(=O)NCc2ccccc2)nc1. The highest BCUT2D eigenvalue weighted by Crippen LogP contribution is 2.05. The van der Waals surface area contributed by atoms with Crippen LogP contribution in [0.4, 0.5) is 5.82 Å². The molecule has 0 aliphatic rings. The van der Waals surface area contributed by atoms with Crippen molar-refractivity contribution in [3.05, 3.63) is 71.6 Å². The van der Waals surface area contributed by atoms with Crippen LogP contribution < -0.4 is 10.6 Å². The summed E-state index contributed by atoms with van der Waals surface area (Å²) in [5, 5.41) is 14.6. The van der Waals surface area contributed by atoms with Crippen molar-refractivity contribution in [1.82, 2.24) is 10.3 Å². The highest BCUT2D eigenvalue weighted by molar-refractivity contribution is 5.97. The zero-order valence-electron chi connectivity index (χ0n) is 12.2. The third-order valence-corrected chi connectivity index (χ3v) is 2.94. The molecule has 0 spiro atoms. The molecule has 0 unspecified atom stereocenters. The van der Waals surface area contributed by atoms with Gasteiger partial charge in [0.15, 0.2) is 0 Å². The summed E-state index contributed by atoms with van der Waals surface area (Å²) < 4.78 is 0. The third kappa shape index (κ3) is 4.46. The van der Waals surface area contributed by atoms with E-state index in [-0.39, 0.29) is 5.57 Å². The fourth-order valence-corrected chi connectivity index (χ4v) is 1.72. The maximum atomic E-state index is 12.0. The molecule has 2 N–H and O–H groups in total. The Morgan fingerprint density at radius 1 is 1.27 bits per heavy atom. The summed E-state index contributed by atoms with van der Waals surface area (Å²) >= 11 is 0. The monoisotopic (exact) mass is 292 g/mol. The minimum absolute atomic E-state index is 0.00157. The van der Waals surface area contributed by atoms with Crippen LogP contribution in [0.25, 0.3) is 0 Å². The molecule has 2 rings (SSSR count). The first-order chi connectivity index (χ1) is 10.7. The second-order valence-corrected chi connectivity index (χ2v) is 4.70. The second-order valence-electron chi connectivity index (χ2n) is 4.70. The van der Waals surface area contributed by atoms with E-state index in [0.29, 0.717) is 12.4 Å². The number of amides is 1. The van der Waals surface area contributed by atoms with E-state index in [2.05, 4.69) is 15.6 Å². The Hall–Kier alpha value is -3.13. The van der Waals surface area contributed by atoms with Gasteiger partial charge in [-0.05, 0) is 24.1 Å². The molecule has 0 fully saturated rings. The Morgan fingerprint density at radius 3 is 2.68 bits per heavy atom. The van der Waals surface area contributed by atoms with Crippen LogP contribution in [-0.2, 0) is 11.3 Å². The molecule has 0 atom stereocenters. The fraction of sp³-hybridized carbons (Fsp3) is 0.118. The molecule has 0 aliphatic carbocycles. The van der Waals surface area contributed by atoms with Gasteiger partial charge in [-0.1, -0.05) is 36.4 Å². The summed E-state index contributed by atoms with van der Waals surface area (Å²) in [6, 6.07) is 15.1. The van der Waals surface area contributed by atoms with Crippen molar-refractivity contribution < 1.29 is 4.79 Å². The van der Waals surface area contributed by atoms with Crippen LogP contribution in [0.15, 0.2) is 60.4 Å². The van der Waals surface area contributed by atoms with Crippen molar-refractivity contribution in [2.24, 2.45) is 0 Å². The molecule has 2 aromatic rings. The number of nitrogens with zero attached hydrogens (tertiary/aromatic N) is 2. The molecule has 22 heavy (non-hydrogen) atoms. The lowest BCUT2D eigenvalue weighted by Crippen LogP contribution is -2.24. The van der Waals surface area contributed by atoms with Crippen molar-refractivity contribution in [3.63, 3.8) is 0 Å². The fourth-order valence-electron chi connectivity index (χ4n) is 1.72. The van der Waals surface area contributed by atoms with Crippen molar-refractivity contribution in [1.29, 1.82) is 5.26 Å². The van der Waals surface area contributed by atoms with E-state index in [9.17, 15) is 4.79 Å². The number of aromatic nitrogens is 1. The Kier molecular flexibility index (Phi) is 5.27. The lowest BCUT2D eigenvalue weighted by atomic mass is 10.2. The largest absolute Gasteiger partial charge is 0.347 e. The average molecular weight is 292 g/mol. The van der Waals surface area contributed by atoms with Crippen LogP contribution in [-0.4, -0.2) is 10.9 Å². The number of aryl methyl sites for hydroxylation is 1. The molecular weight excluding hydrogens is 276 g/mol. The number of hydrogen-bond acceptors (Lipinski definition) is 4. The maximum absolute atomic E-state index is 12.0. The van der Waals surface area contributed by atoms with Crippen LogP contribution in [0.5, 0.6) is 0 Å². The number of rotatable bonds is 5. The molecule has 1 amide bonds. The number of hydrogen-bond donors (Lipinski definition) is 2. The summed E-state index contributed by atoms with van der Waals surface area (Å²) in [7, 11) is 0. The predicted octanol–water partition coefficient (Wildman–Crippen LogP) is 2.53. The van der Waals surface area contributed by atoms with Crippen LogP contribution in [0.1, 0.15) is 11.1 Å². The molecule has 1 aromatic carbocycles. The number of nitriles is 1. The topological polar surface area (TPSA) is 77.8 Å². The van der Waals surface area contributed by atoms with Gasteiger partial charge in [0.1, 0.15) is 17.5 Å². The van der Waals surface area contributed by atoms with Gasteiger partial charge in [-0.2, -0.15) is 5.26 Å². The number of nitrogens with one attached hydrogen (secondary N) is 2. The zero-order valence-corrected chi connectivity index (χ0v) is 12.2. The van der Waals surface area contributed by atoms with Gasteiger partial charge >= 0.3 is 0 Å². The minimum atomic E-state index is -0.425. The van der Waals surface area contributed by atoms with Gasteiger partial charge in [-0.25, -0.2) is 4.98 Å². The summed E-state index contributed by atoms with van der Waals surface area (Å²) in [5.41, 5.74) is 2.01. The lowest BCUT2D eigenvalue weighted by Gasteiger charge is -2.05. The quantitative estimate of drug-likeness (QED) is 0.655. The second kappa shape index (κ2) is 7.60. The molecule has 0 radical (unpaired) electrons. The lowest BCUT2D eigenvalue weighted by molar-refractivity contribution is -0.117. The number of carbonyl (C=O) groups excluding carboxylic acids is 1. The summed E-state index contributed by atoms with van der Waals surface area (Å²) in [6.07, 6.45) is 3.07. The first-order valence-electron chi connectivity index (χ1n) is 6.80. The van der Waals surface area contributed by atoms with Crippen molar-refractivity contribution in [2.75, 3.05) is 5.32 Å². The Balaban J connectivity index is 1.95. The maximum Gasteiger partial charge on any atom is 0.263 e. The van der Waals surface area contributed by atoms with E-state index in [1.54, 1.807) is 12.3 Å². The zero-order chi connectivity index (χ0) is 15.8. The van der Waals surface area contributed by atoms with E-state index in [0.717, 1.165) is 11.1 Å². The highest BCUT2D eigenvalue weighted by atomic mass is 16.1. The Bertz CT molecular complexity index is 700. The molecule has 5 nitrogen and oxygen atoms in total. The van der Waals surface area contributed by atoms with Gasteiger partial charge < -0.3 is 10.6 Å². The number of benzene rings is 1. The molecule has 1 aromatic heterocycles. The van der Waals surface area contributed by atoms with E-state index < -0.39 is 5.91 Å². The van der Waals surface area contributed by atoms with E-state index >= 15 is 0 Å². The first-order valence-corrected chi connectivity index (χ1v) is 6.80. The Morgan fingerprint density at radius 2 is 2.05 bits per heavy atom. The molecule has 0 bridgehead atoms. The molecule has 110 valence electrons. The number of anilines is 1. The van der Waals surface area contributed by atoms with Crippen LogP contribution in [0.2, 0.25) is 0 Å². The summed E-state index contributed by atoms with van der Waals surface area (Å²) in [6.45, 7) is 2.31. The molecule has 5 heteroatoms. The van der Waals surface area contributed by atoms with Crippen LogP contribution in [0.3, 0.4) is 0 Å². The molecule has 1 heterocycles. The van der Waals surface area contributed by atoms with Gasteiger partial charge in [0.05, 0.1) is 0 Å². The highest BCUT2D eigenvalue weighted by Gasteiger charge is 2.08. The molecular formula is C17H16N4O. The van der Waals surface area contributed by atoms with E-state index in [4.69, 9.17) is 5.26 Å². The van der Waals surface area contributed by atoms with Crippen LogP contribution >= 0.6 is 0 Å². The summed E-state index contributed by atoms with van der Waals surface area (Å²) in [4.78, 5) is 16.1. The van der Waals surface area contributed by atoms with Crippen LogP contribution in [0, 0.1) is 18.3 Å². The summed E-state index contributed by atoms with van der Waals surface area (Å²) in [5.74, 6) is 0.153. The molecule has 0 aliphatic heterocycles. The van der Waals surface area contributed by atoms with Crippen molar-refractivity contribution in [3.8, 4) is 6.07 Å². The van der Waals surface area contributed by atoms with E-state index in [1.165, 1.54) is 6.20 Å². The number of carbonyl (C=O) groups is 1. The Labute approximate surface area is 129 Å².